The standard InChI is InChI=1S/C27H28N2O4/c1-19(30)29-18-22(13-15-24(29)20-8-3-2-4-9-20)27(26(32)33)16-7-10-21(25(27)31)12-14-23-11-5-6-17-28-23/h2-11,16-17,22,24H,12-15,18H2,1H3,(H,32,33). The Bertz CT molecular complexity index is 1090. The highest BCUT2D eigenvalue weighted by Gasteiger charge is 2.54. The van der Waals surface area contributed by atoms with E-state index in [2.05, 4.69) is 4.98 Å². The van der Waals surface area contributed by atoms with Crippen LogP contribution in [0.1, 0.15) is 43.5 Å². The molecule has 4 rings (SSSR count). The van der Waals surface area contributed by atoms with E-state index in [4.69, 9.17) is 0 Å². The number of ketones is 1. The number of allylic oxidation sites excluding steroid dienone is 3. The molecule has 1 aromatic heterocycles. The van der Waals surface area contributed by atoms with Crippen LogP contribution >= 0.6 is 0 Å². The predicted molar refractivity (Wildman–Crippen MR) is 124 cm³/mol. The zero-order valence-corrected chi connectivity index (χ0v) is 18.7. The summed E-state index contributed by atoms with van der Waals surface area (Å²) in [4.78, 5) is 44.8. The number of benzene rings is 1. The fraction of sp³-hybridized carbons (Fsp3) is 0.333. The largest absolute Gasteiger partial charge is 0.480 e. The number of piperidine rings is 1. The summed E-state index contributed by atoms with van der Waals surface area (Å²) >= 11 is 0. The van der Waals surface area contributed by atoms with Gasteiger partial charge in [-0.25, -0.2) is 0 Å². The normalized spacial score (nSPS) is 24.9. The van der Waals surface area contributed by atoms with Crippen LogP contribution in [0, 0.1) is 11.3 Å². The molecule has 1 aliphatic heterocycles. The number of hydrogen-bond donors (Lipinski definition) is 1. The Hall–Kier alpha value is -3.54. The molecule has 1 saturated heterocycles. The van der Waals surface area contributed by atoms with Gasteiger partial charge in [-0.05, 0) is 49.0 Å². The number of amides is 1. The van der Waals surface area contributed by atoms with Gasteiger partial charge in [0, 0.05) is 31.3 Å². The number of aromatic nitrogens is 1. The van der Waals surface area contributed by atoms with Crippen molar-refractivity contribution in [2.45, 2.75) is 38.6 Å². The summed E-state index contributed by atoms with van der Waals surface area (Å²) in [5.74, 6) is -2.15. The van der Waals surface area contributed by atoms with E-state index in [0.717, 1.165) is 11.3 Å². The first-order valence-electron chi connectivity index (χ1n) is 11.3. The SMILES string of the molecule is CC(=O)N1CC(C2(C(=O)O)C=CC=C(CCc3ccccn3)C2=O)CCC1c1ccccc1. The van der Waals surface area contributed by atoms with E-state index in [1.807, 2.05) is 48.5 Å². The lowest BCUT2D eigenvalue weighted by Crippen LogP contribution is -2.53. The van der Waals surface area contributed by atoms with E-state index in [9.17, 15) is 19.5 Å². The van der Waals surface area contributed by atoms with Gasteiger partial charge in [0.2, 0.25) is 5.91 Å². The molecule has 0 bridgehead atoms. The van der Waals surface area contributed by atoms with Crippen molar-refractivity contribution in [3.63, 3.8) is 0 Å². The number of likely N-dealkylation sites (tertiary alicyclic amines) is 1. The number of Topliss-reactive ketones (excluding diaryl/α,β-unsaturated/α-hetero) is 1. The lowest BCUT2D eigenvalue weighted by Gasteiger charge is -2.45. The lowest BCUT2D eigenvalue weighted by molar-refractivity contribution is -0.157. The average Bonchev–Trinajstić information content (AvgIpc) is 2.84. The lowest BCUT2D eigenvalue weighted by atomic mass is 9.64. The minimum absolute atomic E-state index is 0.118. The molecule has 6 heteroatoms. The molecule has 2 heterocycles. The quantitative estimate of drug-likeness (QED) is 0.677. The maximum atomic E-state index is 13.6. The Morgan fingerprint density at radius 3 is 2.52 bits per heavy atom. The van der Waals surface area contributed by atoms with Gasteiger partial charge in [0.05, 0.1) is 6.04 Å². The second-order valence-corrected chi connectivity index (χ2v) is 8.75. The Morgan fingerprint density at radius 1 is 1.09 bits per heavy atom. The van der Waals surface area contributed by atoms with E-state index in [-0.39, 0.29) is 24.3 Å². The molecule has 33 heavy (non-hydrogen) atoms. The van der Waals surface area contributed by atoms with E-state index < -0.39 is 17.3 Å². The monoisotopic (exact) mass is 444 g/mol. The molecule has 0 spiro atoms. The molecule has 2 aliphatic rings. The zero-order valence-electron chi connectivity index (χ0n) is 18.7. The molecule has 3 atom stereocenters. The number of carbonyl (C=O) groups excluding carboxylic acids is 2. The van der Waals surface area contributed by atoms with Crippen molar-refractivity contribution in [3.05, 3.63) is 89.8 Å². The molecule has 6 nitrogen and oxygen atoms in total. The number of carboxylic acids is 1. The first kappa shape index (κ1) is 22.6. The van der Waals surface area contributed by atoms with Crippen molar-refractivity contribution in [2.24, 2.45) is 11.3 Å². The Labute approximate surface area is 193 Å². The van der Waals surface area contributed by atoms with Crippen LogP contribution in [0.4, 0.5) is 0 Å². The summed E-state index contributed by atoms with van der Waals surface area (Å²) < 4.78 is 0. The Balaban J connectivity index is 1.58. The van der Waals surface area contributed by atoms with E-state index in [0.29, 0.717) is 31.3 Å². The number of rotatable bonds is 6. The molecular weight excluding hydrogens is 416 g/mol. The third-order valence-electron chi connectivity index (χ3n) is 6.87. The van der Waals surface area contributed by atoms with Crippen molar-refractivity contribution >= 4 is 17.7 Å². The van der Waals surface area contributed by atoms with E-state index >= 15 is 0 Å². The number of carbonyl (C=O) groups is 3. The first-order valence-corrected chi connectivity index (χ1v) is 11.3. The topological polar surface area (TPSA) is 87.6 Å². The van der Waals surface area contributed by atoms with Crippen LogP contribution in [-0.2, 0) is 20.8 Å². The van der Waals surface area contributed by atoms with Gasteiger partial charge >= 0.3 is 5.97 Å². The number of carboxylic acid groups (broad SMARTS) is 1. The van der Waals surface area contributed by atoms with Gasteiger partial charge in [0.15, 0.2) is 11.2 Å². The van der Waals surface area contributed by atoms with Gasteiger partial charge in [-0.15, -0.1) is 0 Å². The molecule has 0 saturated carbocycles. The van der Waals surface area contributed by atoms with Crippen LogP contribution in [-0.4, -0.2) is 39.2 Å². The fourth-order valence-corrected chi connectivity index (χ4v) is 5.12. The molecule has 1 aliphatic carbocycles. The number of aliphatic carboxylic acids is 1. The number of pyridine rings is 1. The number of nitrogens with zero attached hydrogens (tertiary/aromatic N) is 2. The molecule has 170 valence electrons. The number of hydrogen-bond acceptors (Lipinski definition) is 4. The second kappa shape index (κ2) is 9.53. The molecule has 1 fully saturated rings. The first-order chi connectivity index (χ1) is 15.9. The van der Waals surface area contributed by atoms with Gasteiger partial charge < -0.3 is 10.0 Å². The second-order valence-electron chi connectivity index (χ2n) is 8.75. The van der Waals surface area contributed by atoms with Gasteiger partial charge in [-0.2, -0.15) is 0 Å². The van der Waals surface area contributed by atoms with Crippen molar-refractivity contribution in [2.75, 3.05) is 6.54 Å². The molecule has 1 amide bonds. The van der Waals surface area contributed by atoms with Crippen LogP contribution in [0.25, 0.3) is 0 Å². The average molecular weight is 445 g/mol. The van der Waals surface area contributed by atoms with Crippen LogP contribution in [0.5, 0.6) is 0 Å². The highest BCUT2D eigenvalue weighted by Crippen LogP contribution is 2.45. The summed E-state index contributed by atoms with van der Waals surface area (Å²) in [7, 11) is 0. The molecule has 1 N–H and O–H groups in total. The highest BCUT2D eigenvalue weighted by atomic mass is 16.4. The summed E-state index contributed by atoms with van der Waals surface area (Å²) in [5.41, 5.74) is 0.707. The maximum Gasteiger partial charge on any atom is 0.321 e. The summed E-state index contributed by atoms with van der Waals surface area (Å²) in [5, 5.41) is 10.3. The van der Waals surface area contributed by atoms with Crippen molar-refractivity contribution in [1.29, 1.82) is 0 Å². The summed E-state index contributed by atoms with van der Waals surface area (Å²) in [6, 6.07) is 15.3. The van der Waals surface area contributed by atoms with E-state index in [1.165, 1.54) is 13.0 Å². The van der Waals surface area contributed by atoms with Gasteiger partial charge in [0.1, 0.15) is 0 Å². The third-order valence-corrected chi connectivity index (χ3v) is 6.87. The Morgan fingerprint density at radius 2 is 1.85 bits per heavy atom. The maximum absolute atomic E-state index is 13.6. The van der Waals surface area contributed by atoms with Crippen LogP contribution in [0.3, 0.4) is 0 Å². The van der Waals surface area contributed by atoms with Crippen LogP contribution in [0.15, 0.2) is 78.5 Å². The fourth-order valence-electron chi connectivity index (χ4n) is 5.12. The van der Waals surface area contributed by atoms with Crippen LogP contribution < -0.4 is 0 Å². The zero-order chi connectivity index (χ0) is 23.4. The minimum atomic E-state index is -1.66. The van der Waals surface area contributed by atoms with Crippen molar-refractivity contribution < 1.29 is 19.5 Å². The smallest absolute Gasteiger partial charge is 0.321 e. The van der Waals surface area contributed by atoms with Gasteiger partial charge in [-0.3, -0.25) is 19.4 Å². The summed E-state index contributed by atoms with van der Waals surface area (Å²) in [6.45, 7) is 1.73. The number of aryl methyl sites for hydroxylation is 1. The molecule has 3 unspecified atom stereocenters. The molecular formula is C27H28N2O4. The summed E-state index contributed by atoms with van der Waals surface area (Å²) in [6.07, 6.45) is 8.75. The molecule has 1 aromatic carbocycles. The van der Waals surface area contributed by atoms with E-state index in [1.54, 1.807) is 23.2 Å². The van der Waals surface area contributed by atoms with Crippen molar-refractivity contribution in [3.8, 4) is 0 Å². The predicted octanol–water partition coefficient (Wildman–Crippen LogP) is 4.15. The van der Waals surface area contributed by atoms with Crippen molar-refractivity contribution in [1.82, 2.24) is 9.88 Å². The Kier molecular flexibility index (Phi) is 6.54. The minimum Gasteiger partial charge on any atom is -0.480 e. The highest BCUT2D eigenvalue weighted by molar-refractivity contribution is 6.14. The van der Waals surface area contributed by atoms with Gasteiger partial charge in [-0.1, -0.05) is 54.6 Å². The van der Waals surface area contributed by atoms with Crippen LogP contribution in [0.2, 0.25) is 0 Å². The van der Waals surface area contributed by atoms with Gasteiger partial charge in [0.25, 0.3) is 0 Å². The molecule has 2 aromatic rings. The molecule has 0 radical (unpaired) electrons. The third kappa shape index (κ3) is 4.38.